The first-order valence-electron chi connectivity index (χ1n) is 10.7. The standard InChI is InChI=1S/C24H25N3O7S/c1-4-13-25-22-15-18(8-12-23(22)27(29)30)34-17-7-11-21(20(14-17)24(28)33-3)26-35(31,32)19-9-5-16(2)6-10-19/h5-12,14-15,25-26H,4,13H2,1-3H3. The summed E-state index contributed by atoms with van der Waals surface area (Å²) in [6.45, 7) is 4.31. The zero-order chi connectivity index (χ0) is 25.6. The minimum atomic E-state index is -3.96. The van der Waals surface area contributed by atoms with Gasteiger partial charge in [0.1, 0.15) is 17.2 Å². The van der Waals surface area contributed by atoms with Crippen molar-refractivity contribution in [1.82, 2.24) is 0 Å². The second-order valence-electron chi connectivity index (χ2n) is 7.58. The van der Waals surface area contributed by atoms with Crippen LogP contribution in [0.25, 0.3) is 0 Å². The van der Waals surface area contributed by atoms with Crippen LogP contribution in [0, 0.1) is 17.0 Å². The molecule has 0 bridgehead atoms. The summed E-state index contributed by atoms with van der Waals surface area (Å²) in [4.78, 5) is 23.2. The molecule has 0 aliphatic heterocycles. The predicted octanol–water partition coefficient (Wildman–Crippen LogP) is 5.10. The van der Waals surface area contributed by atoms with Crippen LogP contribution < -0.4 is 14.8 Å². The highest BCUT2D eigenvalue weighted by Crippen LogP contribution is 2.33. The lowest BCUT2D eigenvalue weighted by atomic mass is 10.1. The average Bonchev–Trinajstić information content (AvgIpc) is 2.83. The van der Waals surface area contributed by atoms with E-state index in [2.05, 4.69) is 10.0 Å². The molecule has 0 saturated carbocycles. The van der Waals surface area contributed by atoms with E-state index in [1.165, 1.54) is 55.6 Å². The Morgan fingerprint density at radius 2 is 1.66 bits per heavy atom. The molecule has 0 aromatic heterocycles. The van der Waals surface area contributed by atoms with Crippen molar-refractivity contribution in [3.63, 3.8) is 0 Å². The Morgan fingerprint density at radius 3 is 2.29 bits per heavy atom. The van der Waals surface area contributed by atoms with Gasteiger partial charge in [-0.05, 0) is 49.7 Å². The molecule has 0 fully saturated rings. The van der Waals surface area contributed by atoms with Crippen LogP contribution in [0.4, 0.5) is 17.1 Å². The Hall–Kier alpha value is -4.12. The highest BCUT2D eigenvalue weighted by molar-refractivity contribution is 7.92. The number of esters is 1. The molecule has 0 saturated heterocycles. The maximum Gasteiger partial charge on any atom is 0.340 e. The molecule has 0 heterocycles. The Labute approximate surface area is 203 Å². The number of ether oxygens (including phenoxy) is 2. The van der Waals surface area contributed by atoms with Crippen molar-refractivity contribution in [1.29, 1.82) is 0 Å². The fourth-order valence-corrected chi connectivity index (χ4v) is 4.23. The van der Waals surface area contributed by atoms with Gasteiger partial charge in [0.2, 0.25) is 0 Å². The van der Waals surface area contributed by atoms with E-state index < -0.39 is 20.9 Å². The highest BCUT2D eigenvalue weighted by Gasteiger charge is 2.21. The molecular formula is C24H25N3O7S. The van der Waals surface area contributed by atoms with E-state index in [0.717, 1.165) is 12.0 Å². The van der Waals surface area contributed by atoms with Crippen molar-refractivity contribution in [2.45, 2.75) is 25.2 Å². The molecular weight excluding hydrogens is 474 g/mol. The first-order valence-corrected chi connectivity index (χ1v) is 12.1. The summed E-state index contributed by atoms with van der Waals surface area (Å²) < 4.78 is 38.6. The van der Waals surface area contributed by atoms with Gasteiger partial charge in [-0.2, -0.15) is 0 Å². The van der Waals surface area contributed by atoms with Crippen molar-refractivity contribution < 1.29 is 27.6 Å². The Kier molecular flexibility index (Phi) is 7.92. The number of carbonyl (C=O) groups is 1. The van der Waals surface area contributed by atoms with Crippen LogP contribution in [-0.2, 0) is 14.8 Å². The number of methoxy groups -OCH3 is 1. The van der Waals surface area contributed by atoms with Crippen molar-refractivity contribution in [3.05, 3.63) is 81.9 Å². The lowest BCUT2D eigenvalue weighted by molar-refractivity contribution is -0.384. The molecule has 3 aromatic carbocycles. The van der Waals surface area contributed by atoms with E-state index in [0.29, 0.717) is 12.2 Å². The molecule has 0 aliphatic carbocycles. The topological polar surface area (TPSA) is 137 Å². The number of hydrogen-bond acceptors (Lipinski definition) is 8. The highest BCUT2D eigenvalue weighted by atomic mass is 32.2. The number of hydrogen-bond donors (Lipinski definition) is 2. The smallest absolute Gasteiger partial charge is 0.340 e. The van der Waals surface area contributed by atoms with Crippen LogP contribution in [-0.4, -0.2) is 33.0 Å². The quantitative estimate of drug-likeness (QED) is 0.223. The van der Waals surface area contributed by atoms with Gasteiger partial charge in [-0.3, -0.25) is 14.8 Å². The second-order valence-corrected chi connectivity index (χ2v) is 9.26. The van der Waals surface area contributed by atoms with Crippen molar-refractivity contribution in [2.75, 3.05) is 23.7 Å². The van der Waals surface area contributed by atoms with Gasteiger partial charge in [0, 0.05) is 18.7 Å². The van der Waals surface area contributed by atoms with Crippen LogP contribution in [0.15, 0.2) is 65.6 Å². The number of nitro benzene ring substituents is 1. The number of nitrogens with one attached hydrogen (secondary N) is 2. The number of nitro groups is 1. The van der Waals surface area contributed by atoms with Gasteiger partial charge in [0.25, 0.3) is 15.7 Å². The molecule has 0 aliphatic rings. The number of nitrogens with zero attached hydrogens (tertiary/aromatic N) is 1. The first-order chi connectivity index (χ1) is 16.6. The van der Waals surface area contributed by atoms with E-state index in [9.17, 15) is 23.3 Å². The monoisotopic (exact) mass is 499 g/mol. The minimum absolute atomic E-state index is 0.0128. The van der Waals surface area contributed by atoms with Crippen molar-refractivity contribution in [2.24, 2.45) is 0 Å². The largest absolute Gasteiger partial charge is 0.465 e. The summed E-state index contributed by atoms with van der Waals surface area (Å²) in [6, 6.07) is 14.7. The van der Waals surface area contributed by atoms with E-state index >= 15 is 0 Å². The summed E-state index contributed by atoms with van der Waals surface area (Å²) in [5.74, 6) is -0.275. The molecule has 3 rings (SSSR count). The maximum atomic E-state index is 12.8. The zero-order valence-corrected chi connectivity index (χ0v) is 20.2. The molecule has 2 N–H and O–H groups in total. The molecule has 0 atom stereocenters. The summed E-state index contributed by atoms with van der Waals surface area (Å²) in [7, 11) is -2.79. The zero-order valence-electron chi connectivity index (χ0n) is 19.4. The number of anilines is 2. The van der Waals surface area contributed by atoms with Crippen LogP contribution in [0.1, 0.15) is 29.3 Å². The molecule has 0 amide bonds. The molecule has 0 spiro atoms. The van der Waals surface area contributed by atoms with Crippen LogP contribution >= 0.6 is 0 Å². The van der Waals surface area contributed by atoms with Gasteiger partial charge in [-0.25, -0.2) is 13.2 Å². The van der Waals surface area contributed by atoms with E-state index in [4.69, 9.17) is 9.47 Å². The normalized spacial score (nSPS) is 10.9. The Morgan fingerprint density at radius 1 is 1.00 bits per heavy atom. The molecule has 0 unspecified atom stereocenters. The van der Waals surface area contributed by atoms with E-state index in [1.54, 1.807) is 12.1 Å². The Bertz CT molecular complexity index is 1340. The predicted molar refractivity (Wildman–Crippen MR) is 132 cm³/mol. The summed E-state index contributed by atoms with van der Waals surface area (Å²) in [5.41, 5.74) is 1.05. The molecule has 11 heteroatoms. The summed E-state index contributed by atoms with van der Waals surface area (Å²) in [6.07, 6.45) is 0.769. The molecule has 3 aromatic rings. The Balaban J connectivity index is 1.92. The first kappa shape index (κ1) is 25.5. The third kappa shape index (κ3) is 6.27. The van der Waals surface area contributed by atoms with Crippen LogP contribution in [0.2, 0.25) is 0 Å². The van der Waals surface area contributed by atoms with Crippen LogP contribution in [0.5, 0.6) is 11.5 Å². The van der Waals surface area contributed by atoms with Crippen molar-refractivity contribution in [3.8, 4) is 11.5 Å². The minimum Gasteiger partial charge on any atom is -0.465 e. The summed E-state index contributed by atoms with van der Waals surface area (Å²) >= 11 is 0. The van der Waals surface area contributed by atoms with Gasteiger partial charge in [-0.15, -0.1) is 0 Å². The second kappa shape index (κ2) is 10.9. The number of carbonyl (C=O) groups excluding carboxylic acids is 1. The third-order valence-corrected chi connectivity index (χ3v) is 6.32. The molecule has 35 heavy (non-hydrogen) atoms. The maximum absolute atomic E-state index is 12.8. The van der Waals surface area contributed by atoms with Gasteiger partial charge < -0.3 is 14.8 Å². The lowest BCUT2D eigenvalue weighted by Crippen LogP contribution is -2.16. The fraction of sp³-hybridized carbons (Fsp3) is 0.208. The summed E-state index contributed by atoms with van der Waals surface area (Å²) in [5, 5.41) is 14.3. The van der Waals surface area contributed by atoms with Gasteiger partial charge in [-0.1, -0.05) is 24.6 Å². The molecule has 10 nitrogen and oxygen atoms in total. The number of rotatable bonds is 10. The number of sulfonamides is 1. The fourth-order valence-electron chi connectivity index (χ4n) is 3.15. The molecule has 0 radical (unpaired) electrons. The number of aryl methyl sites for hydroxylation is 1. The van der Waals surface area contributed by atoms with E-state index in [1.807, 2.05) is 13.8 Å². The van der Waals surface area contributed by atoms with Gasteiger partial charge in [0.05, 0.1) is 28.2 Å². The average molecular weight is 500 g/mol. The van der Waals surface area contributed by atoms with Gasteiger partial charge in [0.15, 0.2) is 0 Å². The lowest BCUT2D eigenvalue weighted by Gasteiger charge is -2.14. The van der Waals surface area contributed by atoms with Crippen molar-refractivity contribution >= 4 is 33.1 Å². The van der Waals surface area contributed by atoms with Gasteiger partial charge >= 0.3 is 5.97 Å². The number of benzene rings is 3. The SMILES string of the molecule is CCCNc1cc(Oc2ccc(NS(=O)(=O)c3ccc(C)cc3)c(C(=O)OC)c2)ccc1[N+](=O)[O-]. The molecule has 184 valence electrons. The van der Waals surface area contributed by atoms with E-state index in [-0.39, 0.29) is 33.3 Å². The third-order valence-electron chi connectivity index (χ3n) is 4.94. The van der Waals surface area contributed by atoms with Crippen LogP contribution in [0.3, 0.4) is 0 Å².